The number of aromatic hydroxyl groups is 1. The first-order valence-corrected chi connectivity index (χ1v) is 12.8. The van der Waals surface area contributed by atoms with Crippen molar-refractivity contribution < 1.29 is 19.4 Å². The first kappa shape index (κ1) is 23.7. The Labute approximate surface area is 207 Å². The van der Waals surface area contributed by atoms with Gasteiger partial charge in [-0.1, -0.05) is 63.2 Å². The van der Waals surface area contributed by atoms with Crippen LogP contribution in [0.15, 0.2) is 48.5 Å². The first-order chi connectivity index (χ1) is 16.7. The number of amides is 2. The summed E-state index contributed by atoms with van der Waals surface area (Å²) >= 11 is 0. The van der Waals surface area contributed by atoms with Crippen LogP contribution in [-0.2, 0) is 28.0 Å². The molecule has 3 atom stereocenters. The molecular formula is C29H36N2O4. The predicted octanol–water partition coefficient (Wildman–Crippen LogP) is 4.88. The van der Waals surface area contributed by atoms with E-state index in [0.29, 0.717) is 31.8 Å². The van der Waals surface area contributed by atoms with Crippen molar-refractivity contribution in [1.29, 1.82) is 0 Å². The Hall–Kier alpha value is -3.02. The molecule has 0 spiro atoms. The minimum Gasteiger partial charge on any atom is -0.508 e. The van der Waals surface area contributed by atoms with Gasteiger partial charge in [-0.15, -0.1) is 0 Å². The summed E-state index contributed by atoms with van der Waals surface area (Å²) in [5.41, 5.74) is 2.90. The van der Waals surface area contributed by atoms with Crippen molar-refractivity contribution in [2.24, 2.45) is 11.3 Å². The molecule has 3 aliphatic rings. The number of phenolic OH excluding ortho intramolecular Hbond substituents is 1. The van der Waals surface area contributed by atoms with E-state index in [1.807, 2.05) is 36.4 Å². The summed E-state index contributed by atoms with van der Waals surface area (Å²) in [7, 11) is 0. The number of fused-ring (bicyclic) bond motifs is 4. The predicted molar refractivity (Wildman–Crippen MR) is 134 cm³/mol. The number of hydrogen-bond acceptors (Lipinski definition) is 4. The lowest BCUT2D eigenvalue weighted by Gasteiger charge is -2.61. The average molecular weight is 477 g/mol. The number of hydrogen-bond donors (Lipinski definition) is 1. The number of benzene rings is 2. The highest BCUT2D eigenvalue weighted by molar-refractivity contribution is 5.81. The van der Waals surface area contributed by atoms with Gasteiger partial charge in [-0.2, -0.15) is 0 Å². The van der Waals surface area contributed by atoms with Crippen molar-refractivity contribution in [2.75, 3.05) is 19.6 Å². The first-order valence-electron chi connectivity index (χ1n) is 12.8. The lowest BCUT2D eigenvalue weighted by Crippen LogP contribution is -2.66. The van der Waals surface area contributed by atoms with Gasteiger partial charge in [-0.3, -0.25) is 4.79 Å². The quantitative estimate of drug-likeness (QED) is 0.685. The summed E-state index contributed by atoms with van der Waals surface area (Å²) in [4.78, 5) is 30.4. The van der Waals surface area contributed by atoms with Crippen molar-refractivity contribution >= 4 is 12.0 Å². The fraction of sp³-hybridized carbons (Fsp3) is 0.517. The van der Waals surface area contributed by atoms with Gasteiger partial charge in [0.1, 0.15) is 12.4 Å². The van der Waals surface area contributed by atoms with Gasteiger partial charge in [-0.25, -0.2) is 4.79 Å². The molecule has 2 bridgehead atoms. The van der Waals surface area contributed by atoms with Crippen LogP contribution in [0.5, 0.6) is 5.75 Å². The van der Waals surface area contributed by atoms with Crippen molar-refractivity contribution in [1.82, 2.24) is 9.80 Å². The molecule has 2 fully saturated rings. The van der Waals surface area contributed by atoms with Crippen LogP contribution in [0.3, 0.4) is 0 Å². The van der Waals surface area contributed by atoms with Crippen molar-refractivity contribution in [2.45, 2.75) is 64.5 Å². The van der Waals surface area contributed by atoms with Crippen LogP contribution in [0.2, 0.25) is 0 Å². The third kappa shape index (κ3) is 3.97. The molecular weight excluding hydrogens is 440 g/mol. The Kier molecular flexibility index (Phi) is 6.02. The zero-order valence-electron chi connectivity index (χ0n) is 21.0. The van der Waals surface area contributed by atoms with Gasteiger partial charge < -0.3 is 19.6 Å². The van der Waals surface area contributed by atoms with Gasteiger partial charge in [-0.05, 0) is 53.9 Å². The molecule has 1 unspecified atom stereocenters. The Morgan fingerprint density at radius 1 is 1.06 bits per heavy atom. The lowest BCUT2D eigenvalue weighted by molar-refractivity contribution is -0.149. The van der Waals surface area contributed by atoms with Crippen LogP contribution in [-0.4, -0.2) is 52.6 Å². The summed E-state index contributed by atoms with van der Waals surface area (Å²) in [6.45, 7) is 8.76. The van der Waals surface area contributed by atoms with E-state index in [0.717, 1.165) is 30.4 Å². The van der Waals surface area contributed by atoms with E-state index >= 15 is 0 Å². The summed E-state index contributed by atoms with van der Waals surface area (Å²) in [6.07, 6.45) is 2.74. The molecule has 1 aliphatic carbocycles. The number of phenols is 1. The van der Waals surface area contributed by atoms with Gasteiger partial charge in [0, 0.05) is 31.1 Å². The van der Waals surface area contributed by atoms with Crippen molar-refractivity contribution in [3.05, 3.63) is 65.2 Å². The van der Waals surface area contributed by atoms with E-state index in [2.05, 4.69) is 31.7 Å². The standard InChI is InChI=1S/C29H36N2O4/c1-28(2)25-17-22-23(12-7-13-24(22)32)29(28,3)14-16-31(25)26(33)21-11-8-15-30(18-21)27(34)35-19-20-9-5-4-6-10-20/h4-7,9-10,12-13,21,25,32H,8,11,14-19H2,1-3H3/t21?,25-,29+/m1/s1. The third-order valence-corrected chi connectivity index (χ3v) is 9.14. The molecule has 1 N–H and O–H groups in total. The largest absolute Gasteiger partial charge is 0.508 e. The molecule has 2 aromatic rings. The van der Waals surface area contributed by atoms with E-state index in [-0.39, 0.29) is 41.4 Å². The second-order valence-electron chi connectivity index (χ2n) is 11.2. The molecule has 2 amide bonds. The van der Waals surface area contributed by atoms with E-state index < -0.39 is 0 Å². The van der Waals surface area contributed by atoms with E-state index in [1.165, 1.54) is 5.56 Å². The van der Waals surface area contributed by atoms with Crippen LogP contribution in [0, 0.1) is 11.3 Å². The van der Waals surface area contributed by atoms with Crippen LogP contribution in [0.4, 0.5) is 4.79 Å². The second-order valence-corrected chi connectivity index (χ2v) is 11.2. The van der Waals surface area contributed by atoms with Gasteiger partial charge >= 0.3 is 6.09 Å². The Morgan fingerprint density at radius 3 is 2.60 bits per heavy atom. The summed E-state index contributed by atoms with van der Waals surface area (Å²) in [5, 5.41) is 10.6. The van der Waals surface area contributed by atoms with E-state index in [1.54, 1.807) is 11.0 Å². The number of ether oxygens (including phenoxy) is 1. The molecule has 35 heavy (non-hydrogen) atoms. The number of carbonyl (C=O) groups is 2. The molecule has 2 saturated heterocycles. The highest BCUT2D eigenvalue weighted by Crippen LogP contribution is 2.57. The molecule has 2 heterocycles. The maximum absolute atomic E-state index is 13.9. The van der Waals surface area contributed by atoms with E-state index in [9.17, 15) is 14.7 Å². The number of nitrogens with zero attached hydrogens (tertiary/aromatic N) is 2. The number of likely N-dealkylation sites (tertiary alicyclic amines) is 2. The fourth-order valence-corrected chi connectivity index (χ4v) is 6.58. The Morgan fingerprint density at radius 2 is 1.83 bits per heavy atom. The van der Waals surface area contributed by atoms with Crippen LogP contribution in [0.25, 0.3) is 0 Å². The molecule has 6 heteroatoms. The van der Waals surface area contributed by atoms with Gasteiger partial charge in [0.25, 0.3) is 0 Å². The monoisotopic (exact) mass is 476 g/mol. The van der Waals surface area contributed by atoms with Gasteiger partial charge in [0.05, 0.1) is 5.92 Å². The van der Waals surface area contributed by atoms with Crippen LogP contribution in [0.1, 0.15) is 56.7 Å². The molecule has 2 aromatic carbocycles. The number of piperidine rings is 2. The normalized spacial score (nSPS) is 27.2. The minimum absolute atomic E-state index is 0.00922. The zero-order chi connectivity index (χ0) is 24.8. The highest BCUT2D eigenvalue weighted by atomic mass is 16.6. The topological polar surface area (TPSA) is 70.1 Å². The summed E-state index contributed by atoms with van der Waals surface area (Å²) in [6, 6.07) is 15.5. The zero-order valence-corrected chi connectivity index (χ0v) is 21.0. The summed E-state index contributed by atoms with van der Waals surface area (Å²) < 4.78 is 5.54. The molecule has 6 nitrogen and oxygen atoms in total. The maximum atomic E-state index is 13.9. The average Bonchev–Trinajstić information content (AvgIpc) is 2.85. The summed E-state index contributed by atoms with van der Waals surface area (Å²) in [5.74, 6) is 0.233. The van der Waals surface area contributed by atoms with Crippen LogP contribution < -0.4 is 0 Å². The second kappa shape index (κ2) is 8.89. The van der Waals surface area contributed by atoms with Gasteiger partial charge in [0.15, 0.2) is 0 Å². The molecule has 0 aromatic heterocycles. The molecule has 2 aliphatic heterocycles. The van der Waals surface area contributed by atoms with Crippen molar-refractivity contribution in [3.63, 3.8) is 0 Å². The SMILES string of the molecule is CC1(C)[C@H]2Cc3c(O)cccc3[C@]1(C)CCN2C(=O)C1CCCN(C(=O)OCc2ccccc2)C1. The molecule has 0 radical (unpaired) electrons. The highest BCUT2D eigenvalue weighted by Gasteiger charge is 2.57. The molecule has 0 saturated carbocycles. The van der Waals surface area contributed by atoms with Crippen molar-refractivity contribution in [3.8, 4) is 5.75 Å². The Balaban J connectivity index is 1.30. The maximum Gasteiger partial charge on any atom is 0.410 e. The molecule has 5 rings (SSSR count). The minimum atomic E-state index is -0.352. The molecule has 186 valence electrons. The van der Waals surface area contributed by atoms with Crippen LogP contribution >= 0.6 is 0 Å². The third-order valence-electron chi connectivity index (χ3n) is 9.14. The number of rotatable bonds is 3. The van der Waals surface area contributed by atoms with E-state index in [4.69, 9.17) is 4.74 Å². The Bertz CT molecular complexity index is 1110. The fourth-order valence-electron chi connectivity index (χ4n) is 6.58. The lowest BCUT2D eigenvalue weighted by atomic mass is 9.51. The smallest absolute Gasteiger partial charge is 0.410 e. The number of carbonyl (C=O) groups excluding carboxylic acids is 2. The van der Waals surface area contributed by atoms with Gasteiger partial charge in [0.2, 0.25) is 5.91 Å².